The van der Waals surface area contributed by atoms with Crippen molar-refractivity contribution >= 4 is 17.7 Å². The Hall–Kier alpha value is -1.00. The number of ether oxygens (including phenoxy) is 1. The van der Waals surface area contributed by atoms with E-state index >= 15 is 0 Å². The second-order valence-electron chi connectivity index (χ2n) is 5.32. The van der Waals surface area contributed by atoms with Crippen LogP contribution in [0.4, 0.5) is 0 Å². The maximum Gasteiger partial charge on any atom is 0.327 e. The topological polar surface area (TPSA) is 38.3 Å². The van der Waals surface area contributed by atoms with Gasteiger partial charge in [-0.2, -0.15) is 0 Å². The lowest BCUT2D eigenvalue weighted by atomic mass is 9.96. The predicted octanol–water partition coefficient (Wildman–Crippen LogP) is 3.02. The smallest absolute Gasteiger partial charge is 0.327 e. The summed E-state index contributed by atoms with van der Waals surface area (Å²) in [5.41, 5.74) is 0.706. The lowest BCUT2D eigenvalue weighted by Crippen LogP contribution is -2.55. The minimum atomic E-state index is -0.537. The van der Waals surface area contributed by atoms with E-state index in [0.717, 1.165) is 18.6 Å². The monoisotopic (exact) mass is 293 g/mol. The van der Waals surface area contributed by atoms with Crippen LogP contribution in [0.2, 0.25) is 0 Å². The zero-order chi connectivity index (χ0) is 14.6. The number of carbonyl (C=O) groups is 1. The molecular formula is C16H23NO2S. The van der Waals surface area contributed by atoms with Crippen molar-refractivity contribution in [2.24, 2.45) is 5.92 Å². The third-order valence-electron chi connectivity index (χ3n) is 3.82. The molecule has 0 saturated heterocycles. The second-order valence-corrected chi connectivity index (χ2v) is 6.37. The number of hydrogen-bond donors (Lipinski definition) is 1. The van der Waals surface area contributed by atoms with Crippen LogP contribution < -0.4 is 5.32 Å². The molecular weight excluding hydrogens is 270 g/mol. The SMILES string of the molecule is CCOC(=O)C(CSc1cccc(C)c1)(NC)C1CC1. The molecule has 1 atom stereocenters. The summed E-state index contributed by atoms with van der Waals surface area (Å²) in [6, 6.07) is 8.39. The van der Waals surface area contributed by atoms with Crippen molar-refractivity contribution in [3.8, 4) is 0 Å². The second kappa shape index (κ2) is 6.64. The average Bonchev–Trinajstić information content (AvgIpc) is 3.25. The first-order chi connectivity index (χ1) is 9.62. The van der Waals surface area contributed by atoms with Gasteiger partial charge in [0.2, 0.25) is 0 Å². The van der Waals surface area contributed by atoms with Gasteiger partial charge >= 0.3 is 5.97 Å². The van der Waals surface area contributed by atoms with Crippen LogP contribution in [0.3, 0.4) is 0 Å². The fraction of sp³-hybridized carbons (Fsp3) is 0.562. The molecule has 3 nitrogen and oxygen atoms in total. The Labute approximate surface area is 125 Å². The molecule has 1 aliphatic carbocycles. The molecule has 0 spiro atoms. The van der Waals surface area contributed by atoms with Gasteiger partial charge in [-0.15, -0.1) is 11.8 Å². The molecule has 110 valence electrons. The van der Waals surface area contributed by atoms with Crippen LogP contribution in [0.1, 0.15) is 25.3 Å². The highest BCUT2D eigenvalue weighted by Gasteiger charge is 2.51. The fourth-order valence-electron chi connectivity index (χ4n) is 2.46. The van der Waals surface area contributed by atoms with Gasteiger partial charge < -0.3 is 10.1 Å². The average molecular weight is 293 g/mol. The molecule has 2 rings (SSSR count). The van der Waals surface area contributed by atoms with Gasteiger partial charge in [0.1, 0.15) is 5.54 Å². The minimum Gasteiger partial charge on any atom is -0.465 e. The molecule has 1 aromatic rings. The van der Waals surface area contributed by atoms with Crippen molar-refractivity contribution < 1.29 is 9.53 Å². The number of nitrogens with one attached hydrogen (secondary N) is 1. The zero-order valence-electron chi connectivity index (χ0n) is 12.4. The van der Waals surface area contributed by atoms with Crippen molar-refractivity contribution in [3.05, 3.63) is 29.8 Å². The molecule has 1 fully saturated rings. The number of rotatable bonds is 7. The molecule has 0 bridgehead atoms. The van der Waals surface area contributed by atoms with E-state index in [4.69, 9.17) is 4.74 Å². The molecule has 0 heterocycles. The van der Waals surface area contributed by atoms with Crippen LogP contribution >= 0.6 is 11.8 Å². The highest BCUT2D eigenvalue weighted by atomic mass is 32.2. The van der Waals surface area contributed by atoms with Crippen molar-refractivity contribution in [2.75, 3.05) is 19.4 Å². The molecule has 0 aliphatic heterocycles. The molecule has 4 heteroatoms. The summed E-state index contributed by atoms with van der Waals surface area (Å²) >= 11 is 1.73. The Kier molecular flexibility index (Phi) is 5.11. The summed E-state index contributed by atoms with van der Waals surface area (Å²) in [6.45, 7) is 4.38. The first-order valence-electron chi connectivity index (χ1n) is 7.18. The van der Waals surface area contributed by atoms with Gasteiger partial charge in [-0.3, -0.25) is 4.79 Å². The van der Waals surface area contributed by atoms with Gasteiger partial charge in [0.25, 0.3) is 0 Å². The summed E-state index contributed by atoms with van der Waals surface area (Å²) in [6.07, 6.45) is 2.21. The first-order valence-corrected chi connectivity index (χ1v) is 8.16. The predicted molar refractivity (Wildman–Crippen MR) is 83.1 cm³/mol. The van der Waals surface area contributed by atoms with Crippen LogP contribution in [0, 0.1) is 12.8 Å². The van der Waals surface area contributed by atoms with Crippen LogP contribution in [0.5, 0.6) is 0 Å². The van der Waals surface area contributed by atoms with Crippen molar-refractivity contribution in [1.29, 1.82) is 0 Å². The molecule has 1 N–H and O–H groups in total. The van der Waals surface area contributed by atoms with Gasteiger partial charge in [-0.1, -0.05) is 17.7 Å². The van der Waals surface area contributed by atoms with Crippen molar-refractivity contribution in [2.45, 2.75) is 37.1 Å². The standard InChI is InChI=1S/C16H23NO2S/c1-4-19-15(18)16(17-3,13-8-9-13)11-20-14-7-5-6-12(2)10-14/h5-7,10,13,17H,4,8-9,11H2,1-3H3. The van der Waals surface area contributed by atoms with Gasteiger partial charge in [0.15, 0.2) is 0 Å². The lowest BCUT2D eigenvalue weighted by molar-refractivity contribution is -0.150. The Morgan fingerprint density at radius 3 is 2.80 bits per heavy atom. The van der Waals surface area contributed by atoms with Gasteiger partial charge in [-0.25, -0.2) is 0 Å². The molecule has 1 unspecified atom stereocenters. The van der Waals surface area contributed by atoms with E-state index in [0.29, 0.717) is 12.5 Å². The molecule has 20 heavy (non-hydrogen) atoms. The molecule has 0 aromatic heterocycles. The van der Waals surface area contributed by atoms with Crippen molar-refractivity contribution in [3.63, 3.8) is 0 Å². The van der Waals surface area contributed by atoms with E-state index in [-0.39, 0.29) is 5.97 Å². The van der Waals surface area contributed by atoms with E-state index in [1.54, 1.807) is 11.8 Å². The molecule has 0 radical (unpaired) electrons. The van der Waals surface area contributed by atoms with Crippen LogP contribution in [0.15, 0.2) is 29.2 Å². The highest BCUT2D eigenvalue weighted by molar-refractivity contribution is 7.99. The fourth-order valence-corrected chi connectivity index (χ4v) is 3.80. The Balaban J connectivity index is 2.10. The summed E-state index contributed by atoms with van der Waals surface area (Å²) in [7, 11) is 1.87. The third kappa shape index (κ3) is 3.36. The summed E-state index contributed by atoms with van der Waals surface area (Å²) in [5.74, 6) is 1.02. The zero-order valence-corrected chi connectivity index (χ0v) is 13.3. The molecule has 1 aliphatic rings. The largest absolute Gasteiger partial charge is 0.465 e. The van der Waals surface area contributed by atoms with Gasteiger partial charge in [0.05, 0.1) is 6.61 Å². The van der Waals surface area contributed by atoms with E-state index in [2.05, 4.69) is 36.5 Å². The van der Waals surface area contributed by atoms with Crippen molar-refractivity contribution in [1.82, 2.24) is 5.32 Å². The summed E-state index contributed by atoms with van der Waals surface area (Å²) in [5, 5.41) is 3.25. The van der Waals surface area contributed by atoms with E-state index < -0.39 is 5.54 Å². The number of likely N-dealkylation sites (N-methyl/N-ethyl adjacent to an activating group) is 1. The Morgan fingerprint density at radius 2 is 2.25 bits per heavy atom. The molecule has 1 aromatic carbocycles. The van der Waals surface area contributed by atoms with E-state index in [1.807, 2.05) is 14.0 Å². The Bertz CT molecular complexity index is 473. The van der Waals surface area contributed by atoms with Crippen LogP contribution in [0.25, 0.3) is 0 Å². The number of aryl methyl sites for hydroxylation is 1. The summed E-state index contributed by atoms with van der Waals surface area (Å²) in [4.78, 5) is 13.6. The minimum absolute atomic E-state index is 0.106. The molecule has 1 saturated carbocycles. The normalized spacial score (nSPS) is 17.6. The number of hydrogen-bond acceptors (Lipinski definition) is 4. The first kappa shape index (κ1) is 15.4. The maximum absolute atomic E-state index is 12.4. The van der Waals surface area contributed by atoms with Gasteiger partial charge in [-0.05, 0) is 51.8 Å². The maximum atomic E-state index is 12.4. The number of carbonyl (C=O) groups excluding carboxylic acids is 1. The molecule has 0 amide bonds. The van der Waals surface area contributed by atoms with Gasteiger partial charge in [0, 0.05) is 10.6 Å². The van der Waals surface area contributed by atoms with Crippen LogP contribution in [-0.4, -0.2) is 30.9 Å². The number of esters is 1. The number of thioether (sulfide) groups is 1. The van der Waals surface area contributed by atoms with E-state index in [9.17, 15) is 4.79 Å². The number of benzene rings is 1. The lowest BCUT2D eigenvalue weighted by Gasteiger charge is -2.31. The van der Waals surface area contributed by atoms with Crippen LogP contribution in [-0.2, 0) is 9.53 Å². The Morgan fingerprint density at radius 1 is 1.50 bits per heavy atom. The van der Waals surface area contributed by atoms with E-state index in [1.165, 1.54) is 10.5 Å². The summed E-state index contributed by atoms with van der Waals surface area (Å²) < 4.78 is 5.30. The quantitative estimate of drug-likeness (QED) is 0.619. The highest BCUT2D eigenvalue weighted by Crippen LogP contribution is 2.43. The third-order valence-corrected chi connectivity index (χ3v) is 5.00.